The van der Waals surface area contributed by atoms with Crippen molar-refractivity contribution in [2.24, 2.45) is 0 Å². The second kappa shape index (κ2) is 17.5. The van der Waals surface area contributed by atoms with Gasteiger partial charge in [0.15, 0.2) is 0 Å². The molecule has 7 heterocycles. The minimum absolute atomic E-state index is 0.550. The minimum atomic E-state index is 0.550. The van der Waals surface area contributed by atoms with Crippen LogP contribution in [0.25, 0.3) is 151 Å². The molecule has 0 bridgehead atoms. The second-order valence-corrected chi connectivity index (χ2v) is 21.9. The van der Waals surface area contributed by atoms with Gasteiger partial charge in [-0.05, 0) is 90.0 Å². The van der Waals surface area contributed by atoms with Gasteiger partial charge >= 0.3 is 0 Å². The summed E-state index contributed by atoms with van der Waals surface area (Å²) in [5.41, 5.74) is 16.0. The number of pyridine rings is 3. The summed E-state index contributed by atoms with van der Waals surface area (Å²) >= 11 is 3.72. The summed E-state index contributed by atoms with van der Waals surface area (Å²) in [6, 6.07) is 76.6. The minimum Gasteiger partial charge on any atom is -0.309 e. The number of fused-ring (bicyclic) bond motifs is 14. The fourth-order valence-corrected chi connectivity index (χ4v) is 14.9. The fraction of sp³-hybridized carbons (Fsp3) is 0. The van der Waals surface area contributed by atoms with Crippen LogP contribution in [0.15, 0.2) is 243 Å². The number of para-hydroxylation sites is 2. The molecule has 78 heavy (non-hydrogen) atoms. The number of hydrogen-bond acceptors (Lipinski definition) is 6. The van der Waals surface area contributed by atoms with Gasteiger partial charge in [-0.3, -0.25) is 15.0 Å². The van der Waals surface area contributed by atoms with Crippen molar-refractivity contribution >= 4 is 107 Å². The molecule has 16 aromatic rings. The maximum absolute atomic E-state index is 12.0. The Morgan fingerprint density at radius 1 is 0.321 bits per heavy atom. The first-order chi connectivity index (χ1) is 38.7. The molecule has 0 atom stereocenters. The van der Waals surface area contributed by atoms with Gasteiger partial charge < -0.3 is 9.13 Å². The molecule has 0 aliphatic rings. The molecule has 362 valence electrons. The van der Waals surface area contributed by atoms with Crippen molar-refractivity contribution in [2.45, 2.75) is 0 Å². The van der Waals surface area contributed by atoms with Crippen LogP contribution in [0.4, 0.5) is 0 Å². The number of nitriles is 1. The van der Waals surface area contributed by atoms with Crippen molar-refractivity contribution in [3.8, 4) is 73.1 Å². The van der Waals surface area contributed by atoms with E-state index in [9.17, 15) is 5.26 Å². The van der Waals surface area contributed by atoms with Crippen molar-refractivity contribution in [2.75, 3.05) is 0 Å². The molecule has 16 rings (SSSR count). The van der Waals surface area contributed by atoms with Gasteiger partial charge in [0.25, 0.3) is 0 Å². The standard InChI is InChI=1S/C70H40N6S2/c71-38-55-62(42-23-27-47(28-24-42)75-56-19-5-1-17-53(56)67-58(75)33-31-51-49-15-3-7-21-60(49)77-69(51)67)64(44-12-9-35-72-39-44)66(46-14-11-37-74-41-46)65(45-13-10-36-73-40-45)63(55)43-25-29-48(30-26-43)76-57-20-6-2-18-54(57)68-59(76)34-32-52-50-16-4-8-22-61(50)78-70(52)68/h1-37,39-41H. The quantitative estimate of drug-likeness (QED) is 0.159. The molecule has 0 N–H and O–H groups in total. The van der Waals surface area contributed by atoms with Crippen molar-refractivity contribution in [3.63, 3.8) is 0 Å². The van der Waals surface area contributed by atoms with Gasteiger partial charge in [0.05, 0.1) is 27.6 Å². The third kappa shape index (κ3) is 6.56. The molecular weight excluding hydrogens is 989 g/mol. The van der Waals surface area contributed by atoms with Crippen LogP contribution in [0, 0.1) is 11.3 Å². The molecule has 0 saturated heterocycles. The van der Waals surface area contributed by atoms with E-state index in [1.165, 1.54) is 61.9 Å². The van der Waals surface area contributed by atoms with Gasteiger partial charge in [0.2, 0.25) is 0 Å². The predicted molar refractivity (Wildman–Crippen MR) is 326 cm³/mol. The number of rotatable bonds is 7. The van der Waals surface area contributed by atoms with Gasteiger partial charge in [-0.2, -0.15) is 5.26 Å². The molecule has 6 nitrogen and oxygen atoms in total. The first-order valence-electron chi connectivity index (χ1n) is 25.9. The van der Waals surface area contributed by atoms with Gasteiger partial charge in [0, 0.05) is 155 Å². The van der Waals surface area contributed by atoms with Gasteiger partial charge in [-0.1, -0.05) is 127 Å². The monoisotopic (exact) mass is 1030 g/mol. The van der Waals surface area contributed by atoms with E-state index in [-0.39, 0.29) is 0 Å². The topological polar surface area (TPSA) is 72.3 Å². The molecule has 8 heteroatoms. The molecule has 7 aromatic heterocycles. The molecule has 0 spiro atoms. The van der Waals surface area contributed by atoms with Crippen LogP contribution in [0.1, 0.15) is 5.56 Å². The van der Waals surface area contributed by atoms with Crippen LogP contribution in [0.3, 0.4) is 0 Å². The third-order valence-electron chi connectivity index (χ3n) is 15.7. The van der Waals surface area contributed by atoms with Crippen molar-refractivity contribution in [1.82, 2.24) is 24.1 Å². The Labute approximate surface area is 455 Å². The van der Waals surface area contributed by atoms with Gasteiger partial charge in [-0.25, -0.2) is 0 Å². The van der Waals surface area contributed by atoms with E-state index in [1.54, 1.807) is 18.6 Å². The number of aromatic nitrogens is 5. The average molecular weight is 1030 g/mol. The molecule has 0 saturated carbocycles. The zero-order valence-corrected chi connectivity index (χ0v) is 43.2. The smallest absolute Gasteiger partial charge is 0.100 e. The van der Waals surface area contributed by atoms with Crippen LogP contribution >= 0.6 is 22.7 Å². The normalized spacial score (nSPS) is 11.8. The van der Waals surface area contributed by atoms with Crippen LogP contribution in [0.2, 0.25) is 0 Å². The van der Waals surface area contributed by atoms with Crippen LogP contribution < -0.4 is 0 Å². The SMILES string of the molecule is N#Cc1c(-c2ccc(-n3c4ccccc4c4c5sc6ccccc6c5ccc43)cc2)c(-c2cccnc2)c(-c2cccnc2)c(-c2cccnc2)c1-c1ccc(-n2c3ccccc3c3c4sc5ccccc5c4ccc32)cc1. The van der Waals surface area contributed by atoms with Crippen molar-refractivity contribution < 1.29 is 0 Å². The van der Waals surface area contributed by atoms with Crippen molar-refractivity contribution in [1.29, 1.82) is 5.26 Å². The summed E-state index contributed by atoms with van der Waals surface area (Å²) in [6.07, 6.45) is 11.1. The Hall–Kier alpha value is -10.0. The van der Waals surface area contributed by atoms with E-state index in [4.69, 9.17) is 15.0 Å². The number of hydrogen-bond donors (Lipinski definition) is 0. The molecule has 0 aliphatic heterocycles. The van der Waals surface area contributed by atoms with Crippen LogP contribution in [0.5, 0.6) is 0 Å². The lowest BCUT2D eigenvalue weighted by molar-refractivity contribution is 1.18. The maximum Gasteiger partial charge on any atom is 0.100 e. The van der Waals surface area contributed by atoms with Gasteiger partial charge in [0.1, 0.15) is 6.07 Å². The molecule has 0 unspecified atom stereocenters. The number of thiophene rings is 2. The Balaban J connectivity index is 0.944. The molecule has 9 aromatic carbocycles. The van der Waals surface area contributed by atoms with E-state index in [2.05, 4.69) is 203 Å². The zero-order chi connectivity index (χ0) is 51.4. The summed E-state index contributed by atoms with van der Waals surface area (Å²) in [6.45, 7) is 0. The molecule has 0 aliphatic carbocycles. The summed E-state index contributed by atoms with van der Waals surface area (Å²) in [4.78, 5) is 14.1. The summed E-state index contributed by atoms with van der Waals surface area (Å²) < 4.78 is 9.92. The highest BCUT2D eigenvalue weighted by molar-refractivity contribution is 7.27. The first-order valence-corrected chi connectivity index (χ1v) is 27.6. The Kier molecular flexibility index (Phi) is 9.94. The van der Waals surface area contributed by atoms with Crippen molar-refractivity contribution in [3.05, 3.63) is 249 Å². The van der Waals surface area contributed by atoms with Crippen LogP contribution in [-0.4, -0.2) is 24.1 Å². The van der Waals surface area contributed by atoms with Gasteiger partial charge in [-0.15, -0.1) is 22.7 Å². The number of benzene rings is 9. The Morgan fingerprint density at radius 2 is 0.705 bits per heavy atom. The predicted octanol–water partition coefficient (Wildman–Crippen LogP) is 19.0. The Bertz CT molecular complexity index is 4830. The third-order valence-corrected chi connectivity index (χ3v) is 18.1. The summed E-state index contributed by atoms with van der Waals surface area (Å²) in [7, 11) is 0. The highest BCUT2D eigenvalue weighted by Crippen LogP contribution is 2.53. The highest BCUT2D eigenvalue weighted by Gasteiger charge is 2.30. The Morgan fingerprint density at radius 3 is 1.10 bits per heavy atom. The number of nitrogens with zero attached hydrogens (tertiary/aromatic N) is 6. The largest absolute Gasteiger partial charge is 0.309 e. The average Bonchev–Trinajstić information content (AvgIpc) is 4.44. The van der Waals surface area contributed by atoms with E-state index in [1.807, 2.05) is 59.5 Å². The second-order valence-electron chi connectivity index (χ2n) is 19.8. The van der Waals surface area contributed by atoms with E-state index in [0.717, 1.165) is 89.1 Å². The maximum atomic E-state index is 12.0. The summed E-state index contributed by atoms with van der Waals surface area (Å²) in [5.74, 6) is 0. The fourth-order valence-electron chi connectivity index (χ4n) is 12.4. The molecule has 0 radical (unpaired) electrons. The lowest BCUT2D eigenvalue weighted by Gasteiger charge is -2.26. The highest BCUT2D eigenvalue weighted by atomic mass is 32.1. The van der Waals surface area contributed by atoms with Crippen LogP contribution in [-0.2, 0) is 0 Å². The van der Waals surface area contributed by atoms with E-state index < -0.39 is 0 Å². The lowest BCUT2D eigenvalue weighted by atomic mass is 9.76. The molecular formula is C70H40N6S2. The van der Waals surface area contributed by atoms with E-state index >= 15 is 0 Å². The molecule has 0 fully saturated rings. The van der Waals surface area contributed by atoms with E-state index in [0.29, 0.717) is 5.56 Å². The zero-order valence-electron chi connectivity index (χ0n) is 41.6. The first kappa shape index (κ1) is 44.3. The lowest BCUT2D eigenvalue weighted by Crippen LogP contribution is -2.03. The summed E-state index contributed by atoms with van der Waals surface area (Å²) in [5, 5.41) is 22.1. The molecule has 0 amide bonds.